The van der Waals surface area contributed by atoms with Crippen LogP contribution in [0.1, 0.15) is 0 Å². The summed E-state index contributed by atoms with van der Waals surface area (Å²) in [6.07, 6.45) is 0. The van der Waals surface area contributed by atoms with Crippen LogP contribution in [0.3, 0.4) is 0 Å². The lowest BCUT2D eigenvalue weighted by atomic mass is 9.98. The van der Waals surface area contributed by atoms with Crippen molar-refractivity contribution >= 4 is 63.0 Å². The van der Waals surface area contributed by atoms with Crippen molar-refractivity contribution in [1.82, 2.24) is 15.0 Å². The zero-order valence-corrected chi connectivity index (χ0v) is 31.7. The molecule has 0 N–H and O–H groups in total. The molecular formula is C51H31N3S2. The van der Waals surface area contributed by atoms with Gasteiger partial charge in [-0.25, -0.2) is 15.0 Å². The Balaban J connectivity index is 1.05. The Morgan fingerprint density at radius 3 is 1.50 bits per heavy atom. The van der Waals surface area contributed by atoms with Gasteiger partial charge in [0.15, 0.2) is 17.5 Å². The van der Waals surface area contributed by atoms with E-state index in [2.05, 4.69) is 182 Å². The third-order valence-corrected chi connectivity index (χ3v) is 12.8. The Kier molecular flexibility index (Phi) is 7.87. The van der Waals surface area contributed by atoms with Gasteiger partial charge in [0.2, 0.25) is 0 Å². The number of nitrogens with zero attached hydrogens (tertiary/aromatic N) is 3. The second-order valence-electron chi connectivity index (χ2n) is 14.0. The Hall–Kier alpha value is -6.79. The molecule has 0 aliphatic heterocycles. The Labute approximate surface area is 331 Å². The number of benzene rings is 8. The standard InChI is InChI=1S/C51H31N3S2/c1-2-11-32(12-3-1)33-23-25-34(26-24-33)49-52-50(38-15-8-13-35(29-38)36-27-28-46-43(31-36)41-17-4-6-20-44(41)55-46)54-51(53-49)39-16-9-14-37(30-39)40-19-10-22-47-48(40)42-18-5-7-21-45(42)56-47/h1-31H. The Morgan fingerprint density at radius 1 is 0.268 bits per heavy atom. The van der Waals surface area contributed by atoms with Crippen molar-refractivity contribution in [3.05, 3.63) is 188 Å². The highest BCUT2D eigenvalue weighted by Crippen LogP contribution is 2.41. The van der Waals surface area contributed by atoms with Gasteiger partial charge in [-0.3, -0.25) is 0 Å². The van der Waals surface area contributed by atoms with E-state index in [4.69, 9.17) is 15.0 Å². The minimum Gasteiger partial charge on any atom is -0.208 e. The van der Waals surface area contributed by atoms with E-state index >= 15 is 0 Å². The zero-order valence-electron chi connectivity index (χ0n) is 30.1. The smallest absolute Gasteiger partial charge is 0.164 e. The minimum atomic E-state index is 0.636. The molecule has 3 heterocycles. The second kappa shape index (κ2) is 13.5. The molecule has 0 amide bonds. The molecule has 0 atom stereocenters. The summed E-state index contributed by atoms with van der Waals surface area (Å²) in [5, 5.41) is 5.14. The molecule has 3 nitrogen and oxygen atoms in total. The van der Waals surface area contributed by atoms with Gasteiger partial charge in [0, 0.05) is 57.0 Å². The molecule has 0 saturated heterocycles. The van der Waals surface area contributed by atoms with Gasteiger partial charge in [-0.05, 0) is 75.8 Å². The third kappa shape index (κ3) is 5.77. The van der Waals surface area contributed by atoms with Gasteiger partial charge in [0.05, 0.1) is 0 Å². The molecule has 0 spiro atoms. The lowest BCUT2D eigenvalue weighted by molar-refractivity contribution is 1.07. The van der Waals surface area contributed by atoms with Crippen LogP contribution in [0.2, 0.25) is 0 Å². The molecule has 11 aromatic rings. The van der Waals surface area contributed by atoms with Crippen LogP contribution in [0.5, 0.6) is 0 Å². The van der Waals surface area contributed by atoms with Gasteiger partial charge in [0.25, 0.3) is 0 Å². The van der Waals surface area contributed by atoms with E-state index < -0.39 is 0 Å². The van der Waals surface area contributed by atoms with Crippen molar-refractivity contribution < 1.29 is 0 Å². The first-order valence-corrected chi connectivity index (χ1v) is 20.3. The minimum absolute atomic E-state index is 0.636. The molecule has 0 saturated carbocycles. The van der Waals surface area contributed by atoms with E-state index in [1.54, 1.807) is 0 Å². The summed E-state index contributed by atoms with van der Waals surface area (Å²) in [5.74, 6) is 1.91. The summed E-state index contributed by atoms with van der Waals surface area (Å²) in [5.41, 5.74) is 9.75. The molecule has 0 unspecified atom stereocenters. The van der Waals surface area contributed by atoms with Crippen molar-refractivity contribution in [3.63, 3.8) is 0 Å². The fourth-order valence-corrected chi connectivity index (χ4v) is 10.0. The van der Waals surface area contributed by atoms with Gasteiger partial charge in [-0.1, -0.05) is 146 Å². The number of thiophene rings is 2. The summed E-state index contributed by atoms with van der Waals surface area (Å²) in [6, 6.07) is 66.8. The SMILES string of the molecule is c1ccc(-c2ccc(-c3nc(-c4cccc(-c5ccc6sc7ccccc7c6c5)c4)nc(-c4cccc(-c5cccc6sc7ccccc7c56)c4)n3)cc2)cc1. The van der Waals surface area contributed by atoms with E-state index in [1.807, 2.05) is 28.7 Å². The number of fused-ring (bicyclic) bond motifs is 6. The van der Waals surface area contributed by atoms with Crippen LogP contribution in [0, 0.1) is 0 Å². The van der Waals surface area contributed by atoms with Crippen LogP contribution in [-0.4, -0.2) is 15.0 Å². The molecule has 0 radical (unpaired) electrons. The molecule has 5 heteroatoms. The molecule has 0 fully saturated rings. The summed E-state index contributed by atoms with van der Waals surface area (Å²) in [6.45, 7) is 0. The van der Waals surface area contributed by atoms with Crippen molar-refractivity contribution in [1.29, 1.82) is 0 Å². The predicted octanol–water partition coefficient (Wildman–Crippen LogP) is 14.6. The fraction of sp³-hybridized carbons (Fsp3) is 0. The monoisotopic (exact) mass is 749 g/mol. The normalized spacial score (nSPS) is 11.6. The molecule has 0 bridgehead atoms. The quantitative estimate of drug-likeness (QED) is 0.170. The van der Waals surface area contributed by atoms with Crippen LogP contribution >= 0.6 is 22.7 Å². The van der Waals surface area contributed by atoms with E-state index in [0.717, 1.165) is 38.9 Å². The van der Waals surface area contributed by atoms with Crippen molar-refractivity contribution in [3.8, 4) is 67.5 Å². The van der Waals surface area contributed by atoms with Gasteiger partial charge < -0.3 is 0 Å². The predicted molar refractivity (Wildman–Crippen MR) is 238 cm³/mol. The summed E-state index contributed by atoms with van der Waals surface area (Å²) < 4.78 is 5.17. The number of hydrogen-bond acceptors (Lipinski definition) is 5. The van der Waals surface area contributed by atoms with E-state index in [1.165, 1.54) is 51.5 Å². The van der Waals surface area contributed by atoms with E-state index in [0.29, 0.717) is 17.5 Å². The Morgan fingerprint density at radius 2 is 0.732 bits per heavy atom. The van der Waals surface area contributed by atoms with Gasteiger partial charge in [-0.2, -0.15) is 0 Å². The highest BCUT2D eigenvalue weighted by molar-refractivity contribution is 7.26. The summed E-state index contributed by atoms with van der Waals surface area (Å²) in [7, 11) is 0. The van der Waals surface area contributed by atoms with Crippen molar-refractivity contribution in [2.45, 2.75) is 0 Å². The maximum Gasteiger partial charge on any atom is 0.164 e. The van der Waals surface area contributed by atoms with Crippen LogP contribution < -0.4 is 0 Å². The molecule has 0 aliphatic carbocycles. The van der Waals surface area contributed by atoms with E-state index in [9.17, 15) is 0 Å². The molecule has 0 aliphatic rings. The third-order valence-electron chi connectivity index (χ3n) is 10.6. The average Bonchev–Trinajstić information content (AvgIpc) is 3.85. The first-order valence-electron chi connectivity index (χ1n) is 18.7. The van der Waals surface area contributed by atoms with Crippen LogP contribution in [0.4, 0.5) is 0 Å². The van der Waals surface area contributed by atoms with Crippen LogP contribution in [0.15, 0.2) is 188 Å². The Bertz CT molecular complexity index is 3250. The number of aromatic nitrogens is 3. The highest BCUT2D eigenvalue weighted by atomic mass is 32.1. The van der Waals surface area contributed by atoms with Gasteiger partial charge in [0.1, 0.15) is 0 Å². The molecular weight excluding hydrogens is 719 g/mol. The second-order valence-corrected chi connectivity index (χ2v) is 16.2. The van der Waals surface area contributed by atoms with Crippen molar-refractivity contribution in [2.24, 2.45) is 0 Å². The van der Waals surface area contributed by atoms with Crippen LogP contribution in [-0.2, 0) is 0 Å². The lowest BCUT2D eigenvalue weighted by Gasteiger charge is -2.11. The highest BCUT2D eigenvalue weighted by Gasteiger charge is 2.16. The van der Waals surface area contributed by atoms with Crippen molar-refractivity contribution in [2.75, 3.05) is 0 Å². The average molecular weight is 750 g/mol. The first-order chi connectivity index (χ1) is 27.7. The topological polar surface area (TPSA) is 38.7 Å². The van der Waals surface area contributed by atoms with E-state index in [-0.39, 0.29) is 0 Å². The molecule has 3 aromatic heterocycles. The molecule has 8 aromatic carbocycles. The number of hydrogen-bond donors (Lipinski definition) is 0. The molecule has 11 rings (SSSR count). The maximum atomic E-state index is 5.20. The zero-order chi connectivity index (χ0) is 37.0. The lowest BCUT2D eigenvalue weighted by Crippen LogP contribution is -2.00. The summed E-state index contributed by atoms with van der Waals surface area (Å²) >= 11 is 3.68. The maximum absolute atomic E-state index is 5.20. The first kappa shape index (κ1) is 32.6. The fourth-order valence-electron chi connectivity index (χ4n) is 7.79. The van der Waals surface area contributed by atoms with Crippen LogP contribution in [0.25, 0.3) is 108 Å². The van der Waals surface area contributed by atoms with Gasteiger partial charge >= 0.3 is 0 Å². The molecule has 262 valence electrons. The number of rotatable bonds is 6. The largest absolute Gasteiger partial charge is 0.208 e. The summed E-state index contributed by atoms with van der Waals surface area (Å²) in [4.78, 5) is 15.5. The van der Waals surface area contributed by atoms with Gasteiger partial charge in [-0.15, -0.1) is 22.7 Å². The molecule has 56 heavy (non-hydrogen) atoms.